The Balaban J connectivity index is 2.20. The molecule has 18 heavy (non-hydrogen) atoms. The third-order valence-electron chi connectivity index (χ3n) is 2.63. The first-order chi connectivity index (χ1) is 8.70. The van der Waals surface area contributed by atoms with Crippen molar-refractivity contribution < 1.29 is 9.18 Å². The van der Waals surface area contributed by atoms with Gasteiger partial charge in [-0.1, -0.05) is 24.3 Å². The molecule has 0 atom stereocenters. The molecule has 0 aliphatic carbocycles. The summed E-state index contributed by atoms with van der Waals surface area (Å²) in [5.74, 6) is 0.526. The van der Waals surface area contributed by atoms with Crippen molar-refractivity contribution in [1.29, 1.82) is 0 Å². The normalized spacial score (nSPS) is 10.3. The zero-order valence-electron chi connectivity index (χ0n) is 10.0. The second kappa shape index (κ2) is 5.83. The van der Waals surface area contributed by atoms with E-state index in [0.29, 0.717) is 11.1 Å². The van der Waals surface area contributed by atoms with Crippen LogP contribution in [0.1, 0.15) is 21.5 Å². The van der Waals surface area contributed by atoms with E-state index in [4.69, 9.17) is 0 Å². The maximum atomic E-state index is 12.8. The summed E-state index contributed by atoms with van der Waals surface area (Å²) in [6, 6.07) is 13.2. The van der Waals surface area contributed by atoms with E-state index in [0.717, 1.165) is 5.75 Å². The van der Waals surface area contributed by atoms with Crippen molar-refractivity contribution in [2.45, 2.75) is 5.75 Å². The van der Waals surface area contributed by atoms with Crippen LogP contribution in [0.5, 0.6) is 0 Å². The van der Waals surface area contributed by atoms with Crippen molar-refractivity contribution in [2.75, 3.05) is 6.26 Å². The van der Waals surface area contributed by atoms with Crippen LogP contribution in [0, 0.1) is 5.82 Å². The summed E-state index contributed by atoms with van der Waals surface area (Å²) >= 11 is 1.74. The molecule has 0 aliphatic rings. The van der Waals surface area contributed by atoms with E-state index in [9.17, 15) is 9.18 Å². The topological polar surface area (TPSA) is 17.1 Å². The molecule has 0 heterocycles. The maximum absolute atomic E-state index is 12.8. The fourth-order valence-electron chi connectivity index (χ4n) is 1.69. The van der Waals surface area contributed by atoms with Crippen LogP contribution in [0.3, 0.4) is 0 Å². The van der Waals surface area contributed by atoms with Gasteiger partial charge in [0.15, 0.2) is 5.78 Å². The Kier molecular flexibility index (Phi) is 4.15. The van der Waals surface area contributed by atoms with E-state index in [1.54, 1.807) is 11.8 Å². The minimum atomic E-state index is -0.332. The summed E-state index contributed by atoms with van der Waals surface area (Å²) in [5.41, 5.74) is 2.33. The summed E-state index contributed by atoms with van der Waals surface area (Å²) in [6.07, 6.45) is 2.04. The van der Waals surface area contributed by atoms with E-state index < -0.39 is 0 Å². The molecule has 0 spiro atoms. The van der Waals surface area contributed by atoms with Gasteiger partial charge in [-0.15, -0.1) is 0 Å². The lowest BCUT2D eigenvalue weighted by atomic mass is 10.0. The molecule has 2 rings (SSSR count). The Hall–Kier alpha value is -1.61. The van der Waals surface area contributed by atoms with Gasteiger partial charge in [0.1, 0.15) is 5.82 Å². The van der Waals surface area contributed by atoms with Crippen LogP contribution >= 0.6 is 11.8 Å². The lowest BCUT2D eigenvalue weighted by Gasteiger charge is -2.03. The fourth-order valence-corrected chi connectivity index (χ4v) is 2.21. The zero-order valence-corrected chi connectivity index (χ0v) is 10.8. The van der Waals surface area contributed by atoms with Gasteiger partial charge in [-0.3, -0.25) is 4.79 Å². The Morgan fingerprint density at radius 2 is 1.50 bits per heavy atom. The lowest BCUT2D eigenvalue weighted by Crippen LogP contribution is -2.01. The summed E-state index contributed by atoms with van der Waals surface area (Å²) in [7, 11) is 0. The highest BCUT2D eigenvalue weighted by atomic mass is 32.2. The number of ketones is 1. The summed E-state index contributed by atoms with van der Waals surface area (Å²) in [4.78, 5) is 12.1. The Labute approximate surface area is 110 Å². The van der Waals surface area contributed by atoms with Gasteiger partial charge in [0.2, 0.25) is 0 Å². The van der Waals surface area contributed by atoms with Gasteiger partial charge < -0.3 is 0 Å². The van der Waals surface area contributed by atoms with Gasteiger partial charge in [-0.2, -0.15) is 11.8 Å². The molecule has 0 fully saturated rings. The number of carbonyl (C=O) groups is 1. The second-order valence-corrected chi connectivity index (χ2v) is 4.83. The number of benzene rings is 2. The van der Waals surface area contributed by atoms with Crippen LogP contribution in [0.2, 0.25) is 0 Å². The third kappa shape index (κ3) is 2.99. The summed E-state index contributed by atoms with van der Waals surface area (Å²) in [6.45, 7) is 0. The highest BCUT2D eigenvalue weighted by Crippen LogP contribution is 2.14. The first kappa shape index (κ1) is 12.8. The van der Waals surface area contributed by atoms with Crippen LogP contribution in [0.25, 0.3) is 0 Å². The monoisotopic (exact) mass is 260 g/mol. The molecule has 92 valence electrons. The van der Waals surface area contributed by atoms with Gasteiger partial charge >= 0.3 is 0 Å². The number of rotatable bonds is 4. The van der Waals surface area contributed by atoms with Gasteiger partial charge in [0, 0.05) is 16.9 Å². The summed E-state index contributed by atoms with van der Waals surface area (Å²) in [5, 5.41) is 0. The molecule has 3 heteroatoms. The van der Waals surface area contributed by atoms with Gasteiger partial charge in [-0.05, 0) is 36.1 Å². The van der Waals surface area contributed by atoms with Crippen molar-refractivity contribution in [3.05, 3.63) is 71.0 Å². The Bertz CT molecular complexity index is 531. The summed E-state index contributed by atoms with van der Waals surface area (Å²) < 4.78 is 12.8. The van der Waals surface area contributed by atoms with Crippen LogP contribution < -0.4 is 0 Å². The average Bonchev–Trinajstić information content (AvgIpc) is 2.40. The molecule has 2 aromatic rings. The SMILES string of the molecule is CSCc1ccc(C(=O)c2ccc(F)cc2)cc1. The number of hydrogen-bond acceptors (Lipinski definition) is 2. The van der Waals surface area contributed by atoms with Gasteiger partial charge in [-0.25, -0.2) is 4.39 Å². The third-order valence-corrected chi connectivity index (χ3v) is 3.26. The minimum absolute atomic E-state index is 0.0781. The van der Waals surface area contributed by atoms with E-state index >= 15 is 0 Å². The van der Waals surface area contributed by atoms with Crippen LogP contribution in [-0.2, 0) is 5.75 Å². The fraction of sp³-hybridized carbons (Fsp3) is 0.133. The first-order valence-corrected chi connectivity index (χ1v) is 6.98. The van der Waals surface area contributed by atoms with Crippen LogP contribution in [0.15, 0.2) is 48.5 Å². The molecule has 0 amide bonds. The van der Waals surface area contributed by atoms with E-state index in [-0.39, 0.29) is 11.6 Å². The number of thioether (sulfide) groups is 1. The van der Waals surface area contributed by atoms with E-state index in [1.807, 2.05) is 30.5 Å². The predicted octanol–water partition coefficient (Wildman–Crippen LogP) is 3.92. The maximum Gasteiger partial charge on any atom is 0.193 e. The average molecular weight is 260 g/mol. The molecule has 0 unspecified atom stereocenters. The molecular formula is C15H13FOS. The predicted molar refractivity (Wildman–Crippen MR) is 73.5 cm³/mol. The molecule has 0 N–H and O–H groups in total. The zero-order chi connectivity index (χ0) is 13.0. The largest absolute Gasteiger partial charge is 0.289 e. The Morgan fingerprint density at radius 3 is 2.00 bits per heavy atom. The van der Waals surface area contributed by atoms with Crippen molar-refractivity contribution in [3.8, 4) is 0 Å². The standard InChI is InChI=1S/C15H13FOS/c1-18-10-11-2-4-12(5-3-11)15(17)13-6-8-14(16)9-7-13/h2-9H,10H2,1H3. The quantitative estimate of drug-likeness (QED) is 0.775. The lowest BCUT2D eigenvalue weighted by molar-refractivity contribution is 0.103. The molecule has 0 saturated carbocycles. The molecule has 0 radical (unpaired) electrons. The molecule has 2 aromatic carbocycles. The molecule has 1 nitrogen and oxygen atoms in total. The Morgan fingerprint density at radius 1 is 1.00 bits per heavy atom. The van der Waals surface area contributed by atoms with Crippen molar-refractivity contribution in [3.63, 3.8) is 0 Å². The second-order valence-electron chi connectivity index (χ2n) is 3.97. The molecule has 0 saturated heterocycles. The number of halogens is 1. The minimum Gasteiger partial charge on any atom is -0.289 e. The molecule has 0 aromatic heterocycles. The van der Waals surface area contributed by atoms with Crippen LogP contribution in [0.4, 0.5) is 4.39 Å². The molecule has 0 aliphatic heterocycles. The smallest absolute Gasteiger partial charge is 0.193 e. The van der Waals surface area contributed by atoms with Crippen molar-refractivity contribution in [2.24, 2.45) is 0 Å². The van der Waals surface area contributed by atoms with Gasteiger partial charge in [0.25, 0.3) is 0 Å². The van der Waals surface area contributed by atoms with Gasteiger partial charge in [0.05, 0.1) is 0 Å². The number of hydrogen-bond donors (Lipinski definition) is 0. The van der Waals surface area contributed by atoms with Crippen LogP contribution in [-0.4, -0.2) is 12.0 Å². The number of carbonyl (C=O) groups excluding carboxylic acids is 1. The highest BCUT2D eigenvalue weighted by molar-refractivity contribution is 7.97. The van der Waals surface area contributed by atoms with E-state index in [1.165, 1.54) is 29.8 Å². The first-order valence-electron chi connectivity index (χ1n) is 5.59. The van der Waals surface area contributed by atoms with Crippen molar-refractivity contribution in [1.82, 2.24) is 0 Å². The van der Waals surface area contributed by atoms with Crippen molar-refractivity contribution >= 4 is 17.5 Å². The molecular weight excluding hydrogens is 247 g/mol. The highest BCUT2D eigenvalue weighted by Gasteiger charge is 2.08. The van der Waals surface area contributed by atoms with E-state index in [2.05, 4.69) is 0 Å². The molecule has 0 bridgehead atoms.